The van der Waals surface area contributed by atoms with E-state index in [4.69, 9.17) is 0 Å². The molecule has 16 heavy (non-hydrogen) atoms. The standard InChI is InChI=1S/C12H20N2OS/c1-9-5-6-16-10(9)7-13-11(15)8-14-12(2,3)4/h5-6,14H,7-8H2,1-4H3,(H,13,15). The molecule has 1 amide bonds. The number of hydrogen-bond donors (Lipinski definition) is 2. The zero-order valence-electron chi connectivity index (χ0n) is 10.4. The van der Waals surface area contributed by atoms with E-state index in [0.29, 0.717) is 13.1 Å². The zero-order valence-corrected chi connectivity index (χ0v) is 11.2. The van der Waals surface area contributed by atoms with Gasteiger partial charge in [0.1, 0.15) is 0 Å². The molecule has 1 aromatic heterocycles. The van der Waals surface area contributed by atoms with Crippen molar-refractivity contribution in [2.24, 2.45) is 0 Å². The summed E-state index contributed by atoms with van der Waals surface area (Å²) >= 11 is 1.68. The molecule has 0 saturated carbocycles. The van der Waals surface area contributed by atoms with Crippen LogP contribution in [-0.2, 0) is 11.3 Å². The third-order valence-electron chi connectivity index (χ3n) is 2.19. The second-order valence-electron chi connectivity index (χ2n) is 4.91. The van der Waals surface area contributed by atoms with Gasteiger partial charge in [0.05, 0.1) is 13.1 Å². The quantitative estimate of drug-likeness (QED) is 0.846. The Balaban J connectivity index is 2.29. The van der Waals surface area contributed by atoms with Crippen molar-refractivity contribution < 1.29 is 4.79 Å². The van der Waals surface area contributed by atoms with Gasteiger partial charge in [-0.1, -0.05) is 0 Å². The first kappa shape index (κ1) is 13.2. The lowest BCUT2D eigenvalue weighted by molar-refractivity contribution is -0.120. The summed E-state index contributed by atoms with van der Waals surface area (Å²) in [5.41, 5.74) is 1.23. The van der Waals surface area contributed by atoms with Gasteiger partial charge in [-0.15, -0.1) is 11.3 Å². The fraction of sp³-hybridized carbons (Fsp3) is 0.583. The van der Waals surface area contributed by atoms with Gasteiger partial charge in [0.2, 0.25) is 5.91 Å². The zero-order chi connectivity index (χ0) is 12.2. The van der Waals surface area contributed by atoms with Gasteiger partial charge in [-0.3, -0.25) is 4.79 Å². The number of amides is 1. The summed E-state index contributed by atoms with van der Waals surface area (Å²) in [6, 6.07) is 2.07. The first-order valence-corrected chi connectivity index (χ1v) is 6.31. The minimum Gasteiger partial charge on any atom is -0.350 e. The number of aryl methyl sites for hydroxylation is 1. The van der Waals surface area contributed by atoms with Crippen molar-refractivity contribution in [1.82, 2.24) is 10.6 Å². The highest BCUT2D eigenvalue weighted by Crippen LogP contribution is 2.14. The Bertz CT molecular complexity index is 352. The van der Waals surface area contributed by atoms with E-state index in [0.717, 1.165) is 0 Å². The molecule has 0 radical (unpaired) electrons. The molecule has 1 heterocycles. The van der Waals surface area contributed by atoms with E-state index >= 15 is 0 Å². The van der Waals surface area contributed by atoms with Crippen LogP contribution in [0.2, 0.25) is 0 Å². The maximum atomic E-state index is 11.5. The monoisotopic (exact) mass is 240 g/mol. The van der Waals surface area contributed by atoms with E-state index in [1.54, 1.807) is 11.3 Å². The molecule has 0 aliphatic heterocycles. The molecular weight excluding hydrogens is 220 g/mol. The normalized spacial score (nSPS) is 11.5. The smallest absolute Gasteiger partial charge is 0.234 e. The Morgan fingerprint density at radius 3 is 2.62 bits per heavy atom. The van der Waals surface area contributed by atoms with Crippen molar-refractivity contribution in [1.29, 1.82) is 0 Å². The number of rotatable bonds is 4. The minimum absolute atomic E-state index is 0.0177. The average Bonchev–Trinajstić information content (AvgIpc) is 2.57. The largest absolute Gasteiger partial charge is 0.350 e. The van der Waals surface area contributed by atoms with Crippen molar-refractivity contribution in [2.45, 2.75) is 39.8 Å². The van der Waals surface area contributed by atoms with Crippen LogP contribution in [0.25, 0.3) is 0 Å². The summed E-state index contributed by atoms with van der Waals surface area (Å²) in [6.45, 7) is 9.20. The highest BCUT2D eigenvalue weighted by Gasteiger charge is 2.11. The van der Waals surface area contributed by atoms with E-state index in [1.165, 1.54) is 10.4 Å². The SMILES string of the molecule is Cc1ccsc1CNC(=O)CNC(C)(C)C. The summed E-state index contributed by atoms with van der Waals surface area (Å²) in [5, 5.41) is 8.11. The van der Waals surface area contributed by atoms with Gasteiger partial charge in [0.15, 0.2) is 0 Å². The lowest BCUT2D eigenvalue weighted by Gasteiger charge is -2.19. The maximum absolute atomic E-state index is 11.5. The number of hydrogen-bond acceptors (Lipinski definition) is 3. The summed E-state index contributed by atoms with van der Waals surface area (Å²) in [6.07, 6.45) is 0. The summed E-state index contributed by atoms with van der Waals surface area (Å²) in [7, 11) is 0. The molecule has 0 spiro atoms. The molecule has 0 aromatic carbocycles. The molecule has 0 aliphatic rings. The van der Waals surface area contributed by atoms with Crippen LogP contribution >= 0.6 is 11.3 Å². The second kappa shape index (κ2) is 5.46. The fourth-order valence-corrected chi connectivity index (χ4v) is 2.02. The highest BCUT2D eigenvalue weighted by molar-refractivity contribution is 7.10. The topological polar surface area (TPSA) is 41.1 Å². The van der Waals surface area contributed by atoms with Gasteiger partial charge in [-0.05, 0) is 44.7 Å². The molecule has 0 atom stereocenters. The van der Waals surface area contributed by atoms with E-state index in [2.05, 4.69) is 23.6 Å². The highest BCUT2D eigenvalue weighted by atomic mass is 32.1. The van der Waals surface area contributed by atoms with Crippen molar-refractivity contribution in [3.63, 3.8) is 0 Å². The Labute approximate surface area is 101 Å². The number of carbonyl (C=O) groups excluding carboxylic acids is 1. The lowest BCUT2D eigenvalue weighted by Crippen LogP contribution is -2.43. The van der Waals surface area contributed by atoms with Gasteiger partial charge in [0, 0.05) is 10.4 Å². The van der Waals surface area contributed by atoms with Crippen molar-refractivity contribution in [3.05, 3.63) is 21.9 Å². The van der Waals surface area contributed by atoms with Crippen LogP contribution in [0.4, 0.5) is 0 Å². The van der Waals surface area contributed by atoms with Crippen molar-refractivity contribution in [3.8, 4) is 0 Å². The molecule has 0 aliphatic carbocycles. The van der Waals surface area contributed by atoms with Crippen LogP contribution in [0.5, 0.6) is 0 Å². The summed E-state index contributed by atoms with van der Waals surface area (Å²) < 4.78 is 0. The van der Waals surface area contributed by atoms with E-state index in [9.17, 15) is 4.79 Å². The third-order valence-corrected chi connectivity index (χ3v) is 3.22. The first-order chi connectivity index (χ1) is 7.38. The second-order valence-corrected chi connectivity index (χ2v) is 5.91. The molecule has 3 nitrogen and oxygen atoms in total. The summed E-state index contributed by atoms with van der Waals surface area (Å²) in [4.78, 5) is 12.8. The van der Waals surface area contributed by atoms with Gasteiger partial charge in [-0.25, -0.2) is 0 Å². The molecule has 1 rings (SSSR count). The molecule has 0 unspecified atom stereocenters. The molecule has 0 fully saturated rings. The Hall–Kier alpha value is -0.870. The van der Waals surface area contributed by atoms with Gasteiger partial charge in [0.25, 0.3) is 0 Å². The lowest BCUT2D eigenvalue weighted by atomic mass is 10.1. The van der Waals surface area contributed by atoms with Crippen LogP contribution in [0.15, 0.2) is 11.4 Å². The molecular formula is C12H20N2OS. The average molecular weight is 240 g/mol. The number of nitrogens with one attached hydrogen (secondary N) is 2. The van der Waals surface area contributed by atoms with Gasteiger partial charge in [-0.2, -0.15) is 0 Å². The number of thiophene rings is 1. The minimum atomic E-state index is -0.0177. The summed E-state index contributed by atoms with van der Waals surface area (Å²) in [5.74, 6) is 0.0442. The van der Waals surface area contributed by atoms with E-state index < -0.39 is 0 Å². The Kier molecular flexibility index (Phi) is 4.50. The van der Waals surface area contributed by atoms with Crippen LogP contribution in [-0.4, -0.2) is 18.0 Å². The first-order valence-electron chi connectivity index (χ1n) is 5.43. The molecule has 0 saturated heterocycles. The third kappa shape index (κ3) is 4.77. The molecule has 90 valence electrons. The molecule has 1 aromatic rings. The van der Waals surface area contributed by atoms with Crippen LogP contribution in [0, 0.1) is 6.92 Å². The predicted octanol–water partition coefficient (Wildman–Crippen LogP) is 2.06. The van der Waals surface area contributed by atoms with E-state index in [1.807, 2.05) is 26.2 Å². The van der Waals surface area contributed by atoms with Gasteiger partial charge >= 0.3 is 0 Å². The van der Waals surface area contributed by atoms with Crippen LogP contribution < -0.4 is 10.6 Å². The fourth-order valence-electron chi connectivity index (χ4n) is 1.17. The number of carbonyl (C=O) groups is 1. The molecule has 2 N–H and O–H groups in total. The predicted molar refractivity (Wildman–Crippen MR) is 68.7 cm³/mol. The van der Waals surface area contributed by atoms with E-state index in [-0.39, 0.29) is 11.4 Å². The van der Waals surface area contributed by atoms with Crippen LogP contribution in [0.3, 0.4) is 0 Å². The van der Waals surface area contributed by atoms with Crippen molar-refractivity contribution in [2.75, 3.05) is 6.54 Å². The maximum Gasteiger partial charge on any atom is 0.234 e. The van der Waals surface area contributed by atoms with Crippen LogP contribution in [0.1, 0.15) is 31.2 Å². The molecule has 4 heteroatoms. The van der Waals surface area contributed by atoms with Gasteiger partial charge < -0.3 is 10.6 Å². The molecule has 0 bridgehead atoms. The Morgan fingerprint density at radius 1 is 1.44 bits per heavy atom. The van der Waals surface area contributed by atoms with Crippen molar-refractivity contribution >= 4 is 17.2 Å². The Morgan fingerprint density at radius 2 is 2.12 bits per heavy atom.